The third-order valence-electron chi connectivity index (χ3n) is 4.92. The van der Waals surface area contributed by atoms with Crippen LogP contribution in [-0.2, 0) is 6.54 Å². The number of urea groups is 1. The van der Waals surface area contributed by atoms with Gasteiger partial charge in [0.25, 0.3) is 5.56 Å². The number of nitrogens with zero attached hydrogens (tertiary/aromatic N) is 4. The average molecular weight is 460 g/mol. The van der Waals surface area contributed by atoms with E-state index >= 15 is 0 Å². The van der Waals surface area contributed by atoms with Gasteiger partial charge in [-0.2, -0.15) is 5.10 Å². The monoisotopic (exact) mass is 460 g/mol. The molecule has 0 aliphatic heterocycles. The van der Waals surface area contributed by atoms with E-state index in [0.717, 1.165) is 10.9 Å². The lowest BCUT2D eigenvalue weighted by Crippen LogP contribution is -2.24. The maximum atomic E-state index is 13.7. The van der Waals surface area contributed by atoms with E-state index < -0.39 is 6.03 Å². The topological polar surface area (TPSA) is 93.8 Å². The van der Waals surface area contributed by atoms with Gasteiger partial charge in [0, 0.05) is 34.9 Å². The quantitative estimate of drug-likeness (QED) is 0.405. The van der Waals surface area contributed by atoms with E-state index in [-0.39, 0.29) is 17.9 Å². The zero-order chi connectivity index (χ0) is 22.8. The molecule has 2 aromatic carbocycles. The minimum absolute atomic E-state index is 0.198. The molecule has 0 unspecified atom stereocenters. The number of benzene rings is 2. The lowest BCUT2D eigenvalue weighted by atomic mass is 10.2. The average Bonchev–Trinajstić information content (AvgIpc) is 3.45. The Balaban J connectivity index is 1.38. The molecule has 33 heavy (non-hydrogen) atoms. The van der Waals surface area contributed by atoms with Crippen molar-refractivity contribution in [3.05, 3.63) is 100 Å². The van der Waals surface area contributed by atoms with Gasteiger partial charge < -0.3 is 5.32 Å². The summed E-state index contributed by atoms with van der Waals surface area (Å²) in [6, 6.07) is 16.1. The summed E-state index contributed by atoms with van der Waals surface area (Å²) in [5.41, 5.74) is 1.72. The van der Waals surface area contributed by atoms with Gasteiger partial charge in [-0.05, 0) is 48.0 Å². The molecule has 3 heterocycles. The Morgan fingerprint density at radius 3 is 2.82 bits per heavy atom. The number of fused-ring (bicyclic) bond motifs is 1. The van der Waals surface area contributed by atoms with Gasteiger partial charge in [0.1, 0.15) is 5.82 Å². The highest BCUT2D eigenvalue weighted by molar-refractivity contribution is 7.13. The first-order valence-electron chi connectivity index (χ1n) is 9.97. The van der Waals surface area contributed by atoms with Crippen molar-refractivity contribution < 1.29 is 9.18 Å². The Kier molecular flexibility index (Phi) is 5.41. The Bertz CT molecular complexity index is 1510. The molecule has 0 aliphatic carbocycles. The minimum atomic E-state index is -0.411. The van der Waals surface area contributed by atoms with Crippen molar-refractivity contribution in [2.45, 2.75) is 6.54 Å². The summed E-state index contributed by atoms with van der Waals surface area (Å²) in [5.74, 6) is 0.145. The molecule has 3 aromatic heterocycles. The maximum absolute atomic E-state index is 13.7. The van der Waals surface area contributed by atoms with Crippen LogP contribution in [0.3, 0.4) is 0 Å². The van der Waals surface area contributed by atoms with Crippen LogP contribution in [0, 0.1) is 5.82 Å². The van der Waals surface area contributed by atoms with Crippen LogP contribution in [0.15, 0.2) is 83.2 Å². The molecular formula is C23H17FN6O2S. The highest BCUT2D eigenvalue weighted by Gasteiger charge is 2.09. The van der Waals surface area contributed by atoms with Gasteiger partial charge in [-0.3, -0.25) is 14.7 Å². The summed E-state index contributed by atoms with van der Waals surface area (Å²) in [4.78, 5) is 28.6. The first-order chi connectivity index (χ1) is 16.0. The SMILES string of the molecule is O=C(Nc1cccc(Cn2nc(-n3ccc4ccc(F)cc43)ccc2=O)c1)Nc1nccs1. The molecule has 0 spiro atoms. The van der Waals surface area contributed by atoms with Gasteiger partial charge in [-0.25, -0.2) is 18.9 Å². The van der Waals surface area contributed by atoms with E-state index in [1.807, 2.05) is 12.1 Å². The molecule has 8 nitrogen and oxygen atoms in total. The molecule has 2 amide bonds. The van der Waals surface area contributed by atoms with Crippen LogP contribution in [0.25, 0.3) is 16.7 Å². The number of carbonyl (C=O) groups is 1. The van der Waals surface area contributed by atoms with Crippen LogP contribution in [-0.4, -0.2) is 25.4 Å². The Morgan fingerprint density at radius 1 is 1.06 bits per heavy atom. The number of nitrogens with one attached hydrogen (secondary N) is 2. The van der Waals surface area contributed by atoms with Crippen LogP contribution in [0.4, 0.5) is 20.0 Å². The lowest BCUT2D eigenvalue weighted by Gasteiger charge is -2.11. The summed E-state index contributed by atoms with van der Waals surface area (Å²) in [6.07, 6.45) is 3.39. The number of hydrogen-bond acceptors (Lipinski definition) is 5. The molecule has 0 bridgehead atoms. The molecule has 0 atom stereocenters. The number of amides is 2. The van der Waals surface area contributed by atoms with Crippen LogP contribution >= 0.6 is 11.3 Å². The molecule has 0 saturated carbocycles. The van der Waals surface area contributed by atoms with Gasteiger partial charge in [-0.15, -0.1) is 11.3 Å². The van der Waals surface area contributed by atoms with E-state index in [1.54, 1.807) is 52.7 Å². The standard InChI is InChI=1S/C23H17FN6O2S/c24-17-5-4-16-8-10-29(19(16)13-17)20-6-7-21(31)30(28-20)14-15-2-1-3-18(12-15)26-22(32)27-23-25-9-11-33-23/h1-13H,14H2,(H2,25,26,27,32). The first-order valence-corrected chi connectivity index (χ1v) is 10.8. The molecular weight excluding hydrogens is 443 g/mol. The van der Waals surface area contributed by atoms with Gasteiger partial charge in [0.2, 0.25) is 0 Å². The summed E-state index contributed by atoms with van der Waals surface area (Å²) in [7, 11) is 0. The van der Waals surface area contributed by atoms with Crippen molar-refractivity contribution in [3.63, 3.8) is 0 Å². The molecule has 0 fully saturated rings. The summed E-state index contributed by atoms with van der Waals surface area (Å²) in [5, 5.41) is 13.0. The second kappa shape index (κ2) is 8.67. The normalized spacial score (nSPS) is 10.9. The Hall–Kier alpha value is -4.31. The van der Waals surface area contributed by atoms with E-state index in [1.165, 1.54) is 34.2 Å². The van der Waals surface area contributed by atoms with E-state index in [4.69, 9.17) is 0 Å². The van der Waals surface area contributed by atoms with E-state index in [9.17, 15) is 14.0 Å². The number of carbonyl (C=O) groups excluding carboxylic acids is 1. The second-order valence-corrected chi connectivity index (χ2v) is 8.09. The van der Waals surface area contributed by atoms with E-state index in [0.29, 0.717) is 22.2 Å². The fourth-order valence-electron chi connectivity index (χ4n) is 3.45. The summed E-state index contributed by atoms with van der Waals surface area (Å²) in [6.45, 7) is 0.198. The number of aromatic nitrogens is 4. The molecule has 10 heteroatoms. The molecule has 0 radical (unpaired) electrons. The zero-order valence-electron chi connectivity index (χ0n) is 17.1. The van der Waals surface area contributed by atoms with Crippen LogP contribution < -0.4 is 16.2 Å². The van der Waals surface area contributed by atoms with Crippen LogP contribution in [0.1, 0.15) is 5.56 Å². The Labute approximate surface area is 190 Å². The van der Waals surface area contributed by atoms with Gasteiger partial charge in [-0.1, -0.05) is 12.1 Å². The largest absolute Gasteiger partial charge is 0.325 e. The lowest BCUT2D eigenvalue weighted by molar-refractivity contribution is 0.262. The molecule has 5 aromatic rings. The maximum Gasteiger partial charge on any atom is 0.325 e. The molecule has 0 saturated heterocycles. The number of thiazole rings is 1. The van der Waals surface area contributed by atoms with Gasteiger partial charge in [0.15, 0.2) is 10.9 Å². The predicted octanol–water partition coefficient (Wildman–Crippen LogP) is 4.48. The Morgan fingerprint density at radius 2 is 1.97 bits per heavy atom. The number of hydrogen-bond donors (Lipinski definition) is 2. The van der Waals surface area contributed by atoms with Crippen molar-refractivity contribution >= 4 is 39.1 Å². The third kappa shape index (κ3) is 4.51. The highest BCUT2D eigenvalue weighted by Crippen LogP contribution is 2.20. The van der Waals surface area contributed by atoms with Crippen molar-refractivity contribution in [1.82, 2.24) is 19.3 Å². The van der Waals surface area contributed by atoms with Crippen molar-refractivity contribution in [2.75, 3.05) is 10.6 Å². The van der Waals surface area contributed by atoms with Gasteiger partial charge >= 0.3 is 6.03 Å². The van der Waals surface area contributed by atoms with Crippen LogP contribution in [0.5, 0.6) is 0 Å². The number of rotatable bonds is 5. The molecule has 0 aliphatic rings. The first kappa shape index (κ1) is 20.6. The number of halogens is 1. The fourth-order valence-corrected chi connectivity index (χ4v) is 3.97. The summed E-state index contributed by atoms with van der Waals surface area (Å²) >= 11 is 1.32. The number of anilines is 2. The second-order valence-electron chi connectivity index (χ2n) is 7.19. The van der Waals surface area contributed by atoms with Crippen LogP contribution in [0.2, 0.25) is 0 Å². The highest BCUT2D eigenvalue weighted by atomic mass is 32.1. The van der Waals surface area contributed by atoms with Crippen molar-refractivity contribution in [2.24, 2.45) is 0 Å². The molecule has 5 rings (SSSR count). The zero-order valence-corrected chi connectivity index (χ0v) is 17.9. The fraction of sp³-hybridized carbons (Fsp3) is 0.0435. The smallest absolute Gasteiger partial charge is 0.308 e. The minimum Gasteiger partial charge on any atom is -0.308 e. The third-order valence-corrected chi connectivity index (χ3v) is 5.61. The van der Waals surface area contributed by atoms with Crippen molar-refractivity contribution in [3.8, 4) is 5.82 Å². The predicted molar refractivity (Wildman–Crippen MR) is 126 cm³/mol. The molecule has 2 N–H and O–H groups in total. The van der Waals surface area contributed by atoms with E-state index in [2.05, 4.69) is 20.7 Å². The molecule has 164 valence electrons. The van der Waals surface area contributed by atoms with Crippen molar-refractivity contribution in [1.29, 1.82) is 0 Å². The van der Waals surface area contributed by atoms with Gasteiger partial charge in [0.05, 0.1) is 12.1 Å². The summed E-state index contributed by atoms with van der Waals surface area (Å²) < 4.78 is 16.8.